The first-order valence-corrected chi connectivity index (χ1v) is 12.1. The van der Waals surface area contributed by atoms with Crippen molar-refractivity contribution in [1.29, 1.82) is 0 Å². The van der Waals surface area contributed by atoms with Gasteiger partial charge in [-0.25, -0.2) is 4.57 Å². The average molecular weight is 452 g/mol. The summed E-state index contributed by atoms with van der Waals surface area (Å²) in [5.74, 6) is 0.664. The van der Waals surface area contributed by atoms with Crippen molar-refractivity contribution in [1.82, 2.24) is 0 Å². The SMILES string of the molecule is Cc1ccccc1C(=O)P(=O)(Oc1cccc2ccccc12)Oc1cccc2ccccc12. The fourth-order valence-corrected chi connectivity index (χ4v) is 5.46. The molecule has 0 bridgehead atoms. The van der Waals surface area contributed by atoms with Crippen LogP contribution in [0.15, 0.2) is 109 Å². The van der Waals surface area contributed by atoms with Crippen molar-refractivity contribution in [3.05, 3.63) is 120 Å². The van der Waals surface area contributed by atoms with E-state index in [2.05, 4.69) is 0 Å². The third-order valence-corrected chi connectivity index (χ3v) is 7.17. The van der Waals surface area contributed by atoms with Crippen LogP contribution < -0.4 is 9.05 Å². The summed E-state index contributed by atoms with van der Waals surface area (Å²) in [6.07, 6.45) is 0. The average Bonchev–Trinajstić information content (AvgIpc) is 2.84. The number of rotatable bonds is 6. The maximum Gasteiger partial charge on any atom is 0.503 e. The number of hydrogen-bond acceptors (Lipinski definition) is 4. The van der Waals surface area contributed by atoms with E-state index in [1.54, 1.807) is 49.4 Å². The van der Waals surface area contributed by atoms with E-state index in [4.69, 9.17) is 9.05 Å². The zero-order valence-corrected chi connectivity index (χ0v) is 18.9. The molecule has 33 heavy (non-hydrogen) atoms. The largest absolute Gasteiger partial charge is 0.503 e. The molecule has 0 fully saturated rings. The summed E-state index contributed by atoms with van der Waals surface area (Å²) in [5.41, 5.74) is 0.327. The van der Waals surface area contributed by atoms with Crippen molar-refractivity contribution in [2.75, 3.05) is 0 Å². The predicted octanol–water partition coefficient (Wildman–Crippen LogP) is 7.79. The summed E-state index contributed by atoms with van der Waals surface area (Å²) in [6.45, 7) is 1.80. The van der Waals surface area contributed by atoms with Gasteiger partial charge in [0.25, 0.3) is 5.52 Å². The molecule has 0 heterocycles. The van der Waals surface area contributed by atoms with Gasteiger partial charge < -0.3 is 9.05 Å². The number of aryl methyl sites for hydroxylation is 1. The number of benzene rings is 5. The van der Waals surface area contributed by atoms with Crippen LogP contribution in [0.3, 0.4) is 0 Å². The Kier molecular flexibility index (Phi) is 5.45. The van der Waals surface area contributed by atoms with E-state index in [0.717, 1.165) is 21.5 Å². The third kappa shape index (κ3) is 4.02. The van der Waals surface area contributed by atoms with Crippen molar-refractivity contribution in [3.63, 3.8) is 0 Å². The van der Waals surface area contributed by atoms with Gasteiger partial charge in [-0.15, -0.1) is 0 Å². The molecule has 0 N–H and O–H groups in total. The Labute approximate surface area is 191 Å². The lowest BCUT2D eigenvalue weighted by atomic mass is 10.1. The highest BCUT2D eigenvalue weighted by molar-refractivity contribution is 7.73. The number of hydrogen-bond donors (Lipinski definition) is 0. The monoisotopic (exact) mass is 452 g/mol. The Morgan fingerprint density at radius 3 is 1.61 bits per heavy atom. The van der Waals surface area contributed by atoms with Crippen LogP contribution in [0.5, 0.6) is 11.5 Å². The smallest absolute Gasteiger partial charge is 0.410 e. The molecule has 0 unspecified atom stereocenters. The minimum absolute atomic E-state index is 0.307. The number of carbonyl (C=O) groups is 1. The molecule has 0 saturated heterocycles. The Balaban J connectivity index is 1.65. The maximum absolute atomic E-state index is 14.3. The van der Waals surface area contributed by atoms with Gasteiger partial charge in [0.05, 0.1) is 0 Å². The molecule has 0 saturated carbocycles. The molecule has 0 spiro atoms. The molecular formula is C28H21O4P. The van der Waals surface area contributed by atoms with Gasteiger partial charge >= 0.3 is 7.60 Å². The van der Waals surface area contributed by atoms with Gasteiger partial charge in [-0.2, -0.15) is 0 Å². The molecule has 0 amide bonds. The summed E-state index contributed by atoms with van der Waals surface area (Å²) < 4.78 is 26.3. The highest BCUT2D eigenvalue weighted by Gasteiger charge is 2.41. The second-order valence-corrected chi connectivity index (χ2v) is 9.52. The minimum Gasteiger partial charge on any atom is -0.410 e. The van der Waals surface area contributed by atoms with Crippen molar-refractivity contribution in [2.45, 2.75) is 6.92 Å². The van der Waals surface area contributed by atoms with Gasteiger partial charge in [0, 0.05) is 16.3 Å². The first-order chi connectivity index (χ1) is 16.0. The van der Waals surface area contributed by atoms with E-state index in [1.807, 2.05) is 66.7 Å². The van der Waals surface area contributed by atoms with Crippen LogP contribution in [0.4, 0.5) is 0 Å². The summed E-state index contributed by atoms with van der Waals surface area (Å²) >= 11 is 0. The molecule has 4 nitrogen and oxygen atoms in total. The van der Waals surface area contributed by atoms with Crippen LogP contribution in [0, 0.1) is 6.92 Å². The van der Waals surface area contributed by atoms with Gasteiger partial charge in [0.15, 0.2) is 0 Å². The Hall–Kier alpha value is -3.88. The Morgan fingerprint density at radius 1 is 0.606 bits per heavy atom. The fraction of sp³-hybridized carbons (Fsp3) is 0.0357. The fourth-order valence-electron chi connectivity index (χ4n) is 3.87. The van der Waals surface area contributed by atoms with Crippen LogP contribution >= 0.6 is 7.60 Å². The molecule has 0 aliphatic carbocycles. The molecule has 5 aromatic rings. The lowest BCUT2D eigenvalue weighted by Gasteiger charge is -2.21. The van der Waals surface area contributed by atoms with Crippen LogP contribution in [0.25, 0.3) is 21.5 Å². The number of fused-ring (bicyclic) bond motifs is 2. The first-order valence-electron chi connectivity index (χ1n) is 10.6. The maximum atomic E-state index is 14.3. The standard InChI is InChI=1S/C28H21O4P/c1-20-10-2-5-15-23(20)28(29)33(30,31-26-18-8-13-21-11-3-6-16-24(21)26)32-27-19-9-14-22-12-4-7-17-25(22)27/h2-19H,1H3. The minimum atomic E-state index is -4.35. The topological polar surface area (TPSA) is 52.6 Å². The van der Waals surface area contributed by atoms with E-state index < -0.39 is 13.1 Å². The Bertz CT molecular complexity index is 1440. The van der Waals surface area contributed by atoms with E-state index in [0.29, 0.717) is 22.6 Å². The lowest BCUT2D eigenvalue weighted by Crippen LogP contribution is -2.13. The summed E-state index contributed by atoms with van der Waals surface area (Å²) in [6, 6.07) is 33.0. The van der Waals surface area contributed by atoms with Crippen LogP contribution in [-0.4, -0.2) is 5.52 Å². The van der Waals surface area contributed by atoms with Gasteiger partial charge in [-0.3, -0.25) is 4.79 Å². The summed E-state index contributed by atoms with van der Waals surface area (Å²) in [5, 5.41) is 3.32. The molecule has 5 aromatic carbocycles. The molecule has 0 radical (unpaired) electrons. The van der Waals surface area contributed by atoms with Gasteiger partial charge in [-0.05, 0) is 35.4 Å². The van der Waals surface area contributed by atoms with Gasteiger partial charge in [-0.1, -0.05) is 97.1 Å². The van der Waals surface area contributed by atoms with Gasteiger partial charge in [0.1, 0.15) is 11.5 Å². The number of carbonyl (C=O) groups excluding carboxylic acids is 1. The van der Waals surface area contributed by atoms with E-state index in [-0.39, 0.29) is 0 Å². The third-order valence-electron chi connectivity index (χ3n) is 5.56. The van der Waals surface area contributed by atoms with E-state index in [9.17, 15) is 9.36 Å². The predicted molar refractivity (Wildman–Crippen MR) is 132 cm³/mol. The van der Waals surface area contributed by atoms with Crippen molar-refractivity contribution < 1.29 is 18.4 Å². The summed E-state index contributed by atoms with van der Waals surface area (Å²) in [7, 11) is -4.35. The molecular weight excluding hydrogens is 431 g/mol. The molecule has 5 rings (SSSR count). The quantitative estimate of drug-likeness (QED) is 0.247. The van der Waals surface area contributed by atoms with E-state index >= 15 is 0 Å². The normalized spacial score (nSPS) is 11.4. The lowest BCUT2D eigenvalue weighted by molar-refractivity contribution is 0.104. The van der Waals surface area contributed by atoms with Crippen molar-refractivity contribution in [2.24, 2.45) is 0 Å². The molecule has 0 aromatic heterocycles. The second kappa shape index (κ2) is 8.57. The zero-order chi connectivity index (χ0) is 22.8. The van der Waals surface area contributed by atoms with Crippen LogP contribution in [0.1, 0.15) is 15.9 Å². The zero-order valence-electron chi connectivity index (χ0n) is 18.0. The molecule has 0 aliphatic rings. The summed E-state index contributed by atoms with van der Waals surface area (Å²) in [4.78, 5) is 13.7. The second-order valence-electron chi connectivity index (χ2n) is 7.75. The van der Waals surface area contributed by atoms with Crippen LogP contribution in [-0.2, 0) is 4.57 Å². The van der Waals surface area contributed by atoms with Crippen molar-refractivity contribution in [3.8, 4) is 11.5 Å². The highest BCUT2D eigenvalue weighted by Crippen LogP contribution is 2.53. The van der Waals surface area contributed by atoms with Crippen molar-refractivity contribution >= 4 is 34.7 Å². The molecule has 5 heteroatoms. The Morgan fingerprint density at radius 2 is 1.06 bits per heavy atom. The van der Waals surface area contributed by atoms with Crippen LogP contribution in [0.2, 0.25) is 0 Å². The van der Waals surface area contributed by atoms with Gasteiger partial charge in [0.2, 0.25) is 0 Å². The first kappa shape index (κ1) is 21.0. The molecule has 0 atom stereocenters. The van der Waals surface area contributed by atoms with E-state index in [1.165, 1.54) is 0 Å². The highest BCUT2D eigenvalue weighted by atomic mass is 31.2. The molecule has 162 valence electrons. The molecule has 0 aliphatic heterocycles.